The number of hydrogen-bond donors (Lipinski definition) is 0. The minimum Gasteiger partial charge on any atom is -0.374 e. The van der Waals surface area contributed by atoms with Crippen LogP contribution in [0.4, 0.5) is 0 Å². The van der Waals surface area contributed by atoms with E-state index in [1.807, 2.05) is 6.92 Å². The van der Waals surface area contributed by atoms with Gasteiger partial charge in [0.15, 0.2) is 5.78 Å². The number of amides is 1. The summed E-state index contributed by atoms with van der Waals surface area (Å²) in [5.41, 5.74) is 0. The Labute approximate surface area is 129 Å². The largest absolute Gasteiger partial charge is 0.374 e. The summed E-state index contributed by atoms with van der Waals surface area (Å²) < 4.78 is 5.38. The molecule has 0 radical (unpaired) electrons. The highest BCUT2D eigenvalue weighted by Gasteiger charge is 2.11. The first kappa shape index (κ1) is 19.8. The second kappa shape index (κ2) is 13.8. The van der Waals surface area contributed by atoms with Gasteiger partial charge in [0.2, 0.25) is 5.91 Å². The highest BCUT2D eigenvalue weighted by molar-refractivity contribution is 5.87. The van der Waals surface area contributed by atoms with Crippen molar-refractivity contribution in [2.75, 3.05) is 26.3 Å². The molecule has 21 heavy (non-hydrogen) atoms. The number of carbonyl (C=O) groups is 2. The number of carbonyl (C=O) groups excluding carboxylic acids is 2. The van der Waals surface area contributed by atoms with E-state index >= 15 is 0 Å². The average Bonchev–Trinajstić information content (AvgIpc) is 2.49. The van der Waals surface area contributed by atoms with Gasteiger partial charge in [0.05, 0.1) is 0 Å². The van der Waals surface area contributed by atoms with Crippen molar-refractivity contribution in [1.29, 1.82) is 0 Å². The van der Waals surface area contributed by atoms with Crippen molar-refractivity contribution in [2.24, 2.45) is 0 Å². The van der Waals surface area contributed by atoms with E-state index in [0.29, 0.717) is 26.1 Å². The van der Waals surface area contributed by atoms with E-state index in [1.54, 1.807) is 4.90 Å². The van der Waals surface area contributed by atoms with Gasteiger partial charge in [-0.25, -0.2) is 0 Å². The lowest BCUT2D eigenvalue weighted by Gasteiger charge is -2.19. The van der Waals surface area contributed by atoms with Crippen molar-refractivity contribution in [3.63, 3.8) is 0 Å². The first-order chi connectivity index (χ1) is 10.2. The van der Waals surface area contributed by atoms with Crippen molar-refractivity contribution in [1.82, 2.24) is 4.90 Å². The molecule has 0 saturated carbocycles. The van der Waals surface area contributed by atoms with Gasteiger partial charge in [-0.05, 0) is 18.9 Å². The van der Waals surface area contributed by atoms with Crippen LogP contribution in [0.5, 0.6) is 0 Å². The minimum atomic E-state index is -0.110. The zero-order chi connectivity index (χ0) is 15.9. The van der Waals surface area contributed by atoms with Gasteiger partial charge in [-0.3, -0.25) is 9.59 Å². The summed E-state index contributed by atoms with van der Waals surface area (Å²) in [5, 5.41) is 0. The fraction of sp³-hybridized carbons (Fsp3) is 0.765. The molecule has 0 heterocycles. The molecule has 0 aliphatic heterocycles. The van der Waals surface area contributed by atoms with Crippen LogP contribution in [0.3, 0.4) is 0 Å². The SMILES string of the molecule is C=CC(=O)N(CCC)CCC(=O)COCCCCCCC. The molecule has 0 bridgehead atoms. The number of unbranched alkanes of at least 4 members (excludes halogenated alkanes) is 4. The third-order valence-corrected chi connectivity index (χ3v) is 3.30. The predicted octanol–water partition coefficient (Wildman–Crippen LogP) is 3.36. The van der Waals surface area contributed by atoms with Crippen LogP contribution in [0, 0.1) is 0 Å². The topological polar surface area (TPSA) is 46.6 Å². The van der Waals surface area contributed by atoms with E-state index in [4.69, 9.17) is 4.74 Å². The molecule has 4 nitrogen and oxygen atoms in total. The summed E-state index contributed by atoms with van der Waals surface area (Å²) in [7, 11) is 0. The van der Waals surface area contributed by atoms with Gasteiger partial charge in [0.25, 0.3) is 0 Å². The fourth-order valence-electron chi connectivity index (χ4n) is 2.06. The number of ketones is 1. The van der Waals surface area contributed by atoms with E-state index in [1.165, 1.54) is 31.8 Å². The molecular formula is C17H31NO3. The molecule has 4 heteroatoms. The highest BCUT2D eigenvalue weighted by atomic mass is 16.5. The second-order valence-electron chi connectivity index (χ2n) is 5.28. The summed E-state index contributed by atoms with van der Waals surface area (Å²) >= 11 is 0. The van der Waals surface area contributed by atoms with E-state index in [9.17, 15) is 9.59 Å². The predicted molar refractivity (Wildman–Crippen MR) is 86.3 cm³/mol. The highest BCUT2D eigenvalue weighted by Crippen LogP contribution is 2.03. The molecule has 0 N–H and O–H groups in total. The Hall–Kier alpha value is -1.16. The molecule has 0 rings (SSSR count). The van der Waals surface area contributed by atoms with E-state index < -0.39 is 0 Å². The minimum absolute atomic E-state index is 0.0570. The van der Waals surface area contributed by atoms with E-state index in [0.717, 1.165) is 12.8 Å². The van der Waals surface area contributed by atoms with Gasteiger partial charge in [0, 0.05) is 26.1 Å². The summed E-state index contributed by atoms with van der Waals surface area (Å²) in [5.74, 6) is -0.0528. The maximum Gasteiger partial charge on any atom is 0.245 e. The fourth-order valence-corrected chi connectivity index (χ4v) is 2.06. The zero-order valence-electron chi connectivity index (χ0n) is 13.7. The van der Waals surface area contributed by atoms with Crippen LogP contribution in [0.25, 0.3) is 0 Å². The van der Waals surface area contributed by atoms with Crippen LogP contribution >= 0.6 is 0 Å². The van der Waals surface area contributed by atoms with Crippen molar-refractivity contribution >= 4 is 11.7 Å². The van der Waals surface area contributed by atoms with Crippen LogP contribution in [0.2, 0.25) is 0 Å². The smallest absolute Gasteiger partial charge is 0.245 e. The van der Waals surface area contributed by atoms with Crippen LogP contribution in [-0.2, 0) is 14.3 Å². The Balaban J connectivity index is 3.68. The van der Waals surface area contributed by atoms with Crippen LogP contribution in [-0.4, -0.2) is 42.9 Å². The molecule has 0 saturated heterocycles. The number of Topliss-reactive ketones (excluding diaryl/α,β-unsaturated/α-hetero) is 1. The normalized spacial score (nSPS) is 10.4. The summed E-state index contributed by atoms with van der Waals surface area (Å²) in [6.45, 7) is 9.61. The molecule has 0 spiro atoms. The molecular weight excluding hydrogens is 266 g/mol. The Bertz CT molecular complexity index is 302. The Morgan fingerprint density at radius 3 is 2.38 bits per heavy atom. The van der Waals surface area contributed by atoms with Crippen LogP contribution in [0.15, 0.2) is 12.7 Å². The first-order valence-electron chi connectivity index (χ1n) is 8.16. The number of hydrogen-bond acceptors (Lipinski definition) is 3. The number of nitrogens with zero attached hydrogens (tertiary/aromatic N) is 1. The van der Waals surface area contributed by atoms with Crippen molar-refractivity contribution in [2.45, 2.75) is 58.8 Å². The lowest BCUT2D eigenvalue weighted by molar-refractivity contribution is -0.128. The Morgan fingerprint density at radius 2 is 1.76 bits per heavy atom. The van der Waals surface area contributed by atoms with Crippen LogP contribution < -0.4 is 0 Å². The quantitative estimate of drug-likeness (QED) is 0.365. The van der Waals surface area contributed by atoms with E-state index in [2.05, 4.69) is 13.5 Å². The Morgan fingerprint density at radius 1 is 1.05 bits per heavy atom. The maximum atomic E-state index is 11.7. The van der Waals surface area contributed by atoms with Gasteiger partial charge < -0.3 is 9.64 Å². The molecule has 0 aliphatic rings. The second-order valence-corrected chi connectivity index (χ2v) is 5.28. The summed E-state index contributed by atoms with van der Waals surface area (Å²) in [6, 6.07) is 0. The van der Waals surface area contributed by atoms with Crippen molar-refractivity contribution in [3.05, 3.63) is 12.7 Å². The molecule has 0 atom stereocenters. The van der Waals surface area contributed by atoms with Gasteiger partial charge in [-0.15, -0.1) is 0 Å². The molecule has 122 valence electrons. The summed E-state index contributed by atoms with van der Waals surface area (Å²) in [4.78, 5) is 24.9. The summed E-state index contributed by atoms with van der Waals surface area (Å²) in [6.07, 6.45) is 8.46. The van der Waals surface area contributed by atoms with Crippen molar-refractivity contribution < 1.29 is 14.3 Å². The molecule has 0 aromatic rings. The lowest BCUT2D eigenvalue weighted by Crippen LogP contribution is -2.32. The molecule has 0 aromatic carbocycles. The number of ether oxygens (including phenoxy) is 1. The van der Waals surface area contributed by atoms with E-state index in [-0.39, 0.29) is 18.3 Å². The lowest BCUT2D eigenvalue weighted by atomic mass is 10.2. The van der Waals surface area contributed by atoms with Gasteiger partial charge in [-0.2, -0.15) is 0 Å². The van der Waals surface area contributed by atoms with Gasteiger partial charge >= 0.3 is 0 Å². The molecule has 1 amide bonds. The van der Waals surface area contributed by atoms with Gasteiger partial charge in [-0.1, -0.05) is 46.1 Å². The van der Waals surface area contributed by atoms with Gasteiger partial charge in [0.1, 0.15) is 6.61 Å². The molecule has 0 fully saturated rings. The standard InChI is InChI=1S/C17H31NO3/c1-4-7-8-9-10-14-21-15-16(19)11-13-18(12-5-2)17(20)6-3/h6H,3-5,7-15H2,1-2H3. The molecule has 0 aromatic heterocycles. The molecule has 0 aliphatic carbocycles. The molecule has 0 unspecified atom stereocenters. The third-order valence-electron chi connectivity index (χ3n) is 3.30. The first-order valence-corrected chi connectivity index (χ1v) is 8.16. The zero-order valence-corrected chi connectivity index (χ0v) is 13.7. The third kappa shape index (κ3) is 11.2. The maximum absolute atomic E-state index is 11.7. The number of rotatable bonds is 14. The monoisotopic (exact) mass is 297 g/mol. The van der Waals surface area contributed by atoms with Crippen LogP contribution in [0.1, 0.15) is 58.8 Å². The van der Waals surface area contributed by atoms with Crippen molar-refractivity contribution in [3.8, 4) is 0 Å². The Kier molecular flexibility index (Phi) is 13.0. The average molecular weight is 297 g/mol.